The molecule has 0 atom stereocenters. The highest BCUT2D eigenvalue weighted by Gasteiger charge is 2.21. The molecule has 1 aliphatic rings. The number of carbonyl (C=O) groups excluding carboxylic acids is 2. The van der Waals surface area contributed by atoms with Crippen LogP contribution in [0.1, 0.15) is 18.1 Å². The fourth-order valence-electron chi connectivity index (χ4n) is 3.56. The fourth-order valence-corrected chi connectivity index (χ4v) is 3.56. The van der Waals surface area contributed by atoms with E-state index in [4.69, 9.17) is 14.2 Å². The molecule has 0 fully saturated rings. The number of ether oxygens (including phenoxy) is 3. The van der Waals surface area contributed by atoms with Crippen LogP contribution in [0.5, 0.6) is 17.2 Å². The first-order chi connectivity index (χ1) is 14.4. The monoisotopic (exact) mass is 413 g/mol. The Morgan fingerprint density at radius 3 is 2.23 bits per heavy atom. The van der Waals surface area contributed by atoms with Gasteiger partial charge in [-0.3, -0.25) is 14.5 Å². The molecule has 2 aromatic carbocycles. The van der Waals surface area contributed by atoms with Crippen molar-refractivity contribution in [2.75, 3.05) is 45.1 Å². The average molecular weight is 413 g/mol. The van der Waals surface area contributed by atoms with Gasteiger partial charge in [-0.1, -0.05) is 0 Å². The van der Waals surface area contributed by atoms with Gasteiger partial charge in [0.25, 0.3) is 0 Å². The lowest BCUT2D eigenvalue weighted by Crippen LogP contribution is -2.37. The first kappa shape index (κ1) is 21.4. The molecule has 1 aliphatic heterocycles. The van der Waals surface area contributed by atoms with Crippen molar-refractivity contribution in [2.24, 2.45) is 0 Å². The number of fused-ring (bicyclic) bond motifs is 1. The lowest BCUT2D eigenvalue weighted by atomic mass is 9.99. The summed E-state index contributed by atoms with van der Waals surface area (Å²) in [6.45, 7) is 3.08. The Morgan fingerprint density at radius 1 is 0.933 bits per heavy atom. The summed E-state index contributed by atoms with van der Waals surface area (Å²) in [4.78, 5) is 26.1. The standard InChI is InChI=1S/C22H27N3O5/c1-14(26)23-17-5-6-19(28-2)18(11-17)24-22(27)13-25-8-7-15-9-20(29-3)21(30-4)10-16(15)12-25/h5-6,9-11H,7-8,12-13H2,1-4H3,(H,23,26)(H,24,27). The van der Waals surface area contributed by atoms with E-state index in [1.165, 1.54) is 19.6 Å². The maximum atomic E-state index is 12.7. The Labute approximate surface area is 176 Å². The van der Waals surface area contributed by atoms with Crippen LogP contribution in [0.25, 0.3) is 0 Å². The predicted molar refractivity (Wildman–Crippen MR) is 114 cm³/mol. The van der Waals surface area contributed by atoms with Crippen LogP contribution in [0.15, 0.2) is 30.3 Å². The van der Waals surface area contributed by atoms with Gasteiger partial charge in [0.15, 0.2) is 11.5 Å². The van der Waals surface area contributed by atoms with E-state index >= 15 is 0 Å². The lowest BCUT2D eigenvalue weighted by Gasteiger charge is -2.29. The summed E-state index contributed by atoms with van der Waals surface area (Å²) in [6, 6.07) is 9.08. The molecule has 0 spiro atoms. The molecule has 0 saturated carbocycles. The number of nitrogens with one attached hydrogen (secondary N) is 2. The van der Waals surface area contributed by atoms with Crippen molar-refractivity contribution in [1.82, 2.24) is 4.90 Å². The zero-order chi connectivity index (χ0) is 21.7. The molecule has 0 aromatic heterocycles. The molecule has 2 amide bonds. The maximum Gasteiger partial charge on any atom is 0.238 e. The number of hydrogen-bond donors (Lipinski definition) is 2. The molecule has 160 valence electrons. The van der Waals surface area contributed by atoms with Crippen molar-refractivity contribution < 1.29 is 23.8 Å². The smallest absolute Gasteiger partial charge is 0.238 e. The van der Waals surface area contributed by atoms with Gasteiger partial charge < -0.3 is 24.8 Å². The second kappa shape index (κ2) is 9.49. The third-order valence-electron chi connectivity index (χ3n) is 4.96. The molecule has 0 radical (unpaired) electrons. The minimum atomic E-state index is -0.184. The van der Waals surface area contributed by atoms with Crippen LogP contribution in [0.4, 0.5) is 11.4 Å². The molecule has 0 unspecified atom stereocenters. The third kappa shape index (κ3) is 5.01. The summed E-state index contributed by atoms with van der Waals surface area (Å²) in [7, 11) is 4.77. The highest BCUT2D eigenvalue weighted by atomic mass is 16.5. The fraction of sp³-hybridized carbons (Fsp3) is 0.364. The summed E-state index contributed by atoms with van der Waals surface area (Å²) < 4.78 is 16.1. The van der Waals surface area contributed by atoms with Crippen LogP contribution < -0.4 is 24.8 Å². The normalized spacial score (nSPS) is 13.2. The Kier molecular flexibility index (Phi) is 6.79. The molecule has 1 heterocycles. The van der Waals surface area contributed by atoms with E-state index in [1.807, 2.05) is 12.1 Å². The number of rotatable bonds is 7. The van der Waals surface area contributed by atoms with Crippen LogP contribution in [0, 0.1) is 0 Å². The minimum absolute atomic E-state index is 0.155. The van der Waals surface area contributed by atoms with E-state index in [-0.39, 0.29) is 18.4 Å². The minimum Gasteiger partial charge on any atom is -0.495 e. The van der Waals surface area contributed by atoms with Gasteiger partial charge >= 0.3 is 0 Å². The van der Waals surface area contributed by atoms with Crippen molar-refractivity contribution >= 4 is 23.2 Å². The highest BCUT2D eigenvalue weighted by molar-refractivity contribution is 5.95. The van der Waals surface area contributed by atoms with Crippen LogP contribution in [-0.4, -0.2) is 51.1 Å². The number of carbonyl (C=O) groups is 2. The number of anilines is 2. The maximum absolute atomic E-state index is 12.7. The van der Waals surface area contributed by atoms with Crippen LogP contribution in [-0.2, 0) is 22.6 Å². The number of benzene rings is 2. The van der Waals surface area contributed by atoms with E-state index in [2.05, 4.69) is 15.5 Å². The van der Waals surface area contributed by atoms with E-state index < -0.39 is 0 Å². The van der Waals surface area contributed by atoms with Crippen LogP contribution in [0.3, 0.4) is 0 Å². The first-order valence-corrected chi connectivity index (χ1v) is 9.65. The molecule has 30 heavy (non-hydrogen) atoms. The molecule has 3 rings (SSSR count). The molecule has 2 aromatic rings. The largest absolute Gasteiger partial charge is 0.495 e. The van der Waals surface area contributed by atoms with E-state index in [0.29, 0.717) is 35.2 Å². The van der Waals surface area contributed by atoms with Gasteiger partial charge in [-0.2, -0.15) is 0 Å². The predicted octanol–water partition coefficient (Wildman–Crippen LogP) is 2.67. The Bertz CT molecular complexity index is 945. The zero-order valence-electron chi connectivity index (χ0n) is 17.7. The topological polar surface area (TPSA) is 89.1 Å². The molecular weight excluding hydrogens is 386 g/mol. The van der Waals surface area contributed by atoms with E-state index in [0.717, 1.165) is 18.5 Å². The van der Waals surface area contributed by atoms with Gasteiger partial charge in [-0.05, 0) is 47.9 Å². The van der Waals surface area contributed by atoms with Crippen LogP contribution >= 0.6 is 0 Å². The van der Waals surface area contributed by atoms with Crippen molar-refractivity contribution in [1.29, 1.82) is 0 Å². The van der Waals surface area contributed by atoms with Crippen molar-refractivity contribution in [3.63, 3.8) is 0 Å². The third-order valence-corrected chi connectivity index (χ3v) is 4.96. The number of amides is 2. The van der Waals surface area contributed by atoms with Gasteiger partial charge in [0.1, 0.15) is 5.75 Å². The molecule has 2 N–H and O–H groups in total. The number of hydrogen-bond acceptors (Lipinski definition) is 6. The summed E-state index contributed by atoms with van der Waals surface area (Å²) in [5.41, 5.74) is 3.43. The molecule has 0 bridgehead atoms. The van der Waals surface area contributed by atoms with Gasteiger partial charge in [0.2, 0.25) is 11.8 Å². The Hall–Kier alpha value is -3.26. The van der Waals surface area contributed by atoms with Crippen molar-refractivity contribution in [3.05, 3.63) is 41.5 Å². The molecule has 8 heteroatoms. The Morgan fingerprint density at radius 2 is 1.60 bits per heavy atom. The summed E-state index contributed by atoms with van der Waals surface area (Å²) in [6.07, 6.45) is 0.824. The molecule has 8 nitrogen and oxygen atoms in total. The second-order valence-corrected chi connectivity index (χ2v) is 7.08. The number of methoxy groups -OCH3 is 3. The van der Waals surface area contributed by atoms with Gasteiger partial charge in [-0.25, -0.2) is 0 Å². The molecule has 0 saturated heterocycles. The zero-order valence-corrected chi connectivity index (χ0v) is 17.7. The summed E-state index contributed by atoms with van der Waals surface area (Å²) in [5.74, 6) is 1.59. The van der Waals surface area contributed by atoms with Crippen molar-refractivity contribution in [2.45, 2.75) is 19.9 Å². The second-order valence-electron chi connectivity index (χ2n) is 7.08. The van der Waals surface area contributed by atoms with Gasteiger partial charge in [-0.15, -0.1) is 0 Å². The van der Waals surface area contributed by atoms with Crippen molar-refractivity contribution in [3.8, 4) is 17.2 Å². The van der Waals surface area contributed by atoms with Crippen LogP contribution in [0.2, 0.25) is 0 Å². The summed E-state index contributed by atoms with van der Waals surface area (Å²) >= 11 is 0. The quantitative estimate of drug-likeness (QED) is 0.726. The highest BCUT2D eigenvalue weighted by Crippen LogP contribution is 2.33. The summed E-state index contributed by atoms with van der Waals surface area (Å²) in [5, 5.41) is 5.59. The van der Waals surface area contributed by atoms with Gasteiger partial charge in [0.05, 0.1) is 33.6 Å². The van der Waals surface area contributed by atoms with E-state index in [9.17, 15) is 9.59 Å². The molecular formula is C22H27N3O5. The molecule has 0 aliphatic carbocycles. The average Bonchev–Trinajstić information content (AvgIpc) is 2.72. The lowest BCUT2D eigenvalue weighted by molar-refractivity contribution is -0.117. The number of nitrogens with zero attached hydrogens (tertiary/aromatic N) is 1. The SMILES string of the molecule is COc1ccc(NC(C)=O)cc1NC(=O)CN1CCc2cc(OC)c(OC)cc2C1. The van der Waals surface area contributed by atoms with E-state index in [1.54, 1.807) is 32.4 Å². The Balaban J connectivity index is 1.68. The van der Waals surface area contributed by atoms with Gasteiger partial charge in [0, 0.05) is 25.7 Å². The first-order valence-electron chi connectivity index (χ1n) is 9.65.